The van der Waals surface area contributed by atoms with E-state index in [1.165, 1.54) is 6.92 Å². The molecule has 28 heavy (non-hydrogen) atoms. The Hall–Kier alpha value is -2.41. The molecule has 0 aliphatic heterocycles. The third-order valence-corrected chi connectivity index (χ3v) is 5.14. The molecule has 0 saturated heterocycles. The van der Waals surface area contributed by atoms with E-state index in [0.29, 0.717) is 5.56 Å². The van der Waals surface area contributed by atoms with Crippen LogP contribution in [0.1, 0.15) is 38.7 Å². The molecule has 1 saturated carbocycles. The van der Waals surface area contributed by atoms with E-state index in [9.17, 15) is 19.5 Å². The van der Waals surface area contributed by atoms with Crippen LogP contribution in [0.15, 0.2) is 24.3 Å². The summed E-state index contributed by atoms with van der Waals surface area (Å²) in [4.78, 5) is 40.1. The van der Waals surface area contributed by atoms with Gasteiger partial charge in [0.2, 0.25) is 0 Å². The highest BCUT2D eigenvalue weighted by atomic mass is 16.5. The molecule has 0 spiro atoms. The van der Waals surface area contributed by atoms with Gasteiger partial charge in [-0.15, -0.1) is 0 Å². The van der Waals surface area contributed by atoms with Crippen LogP contribution in [0, 0.1) is 11.8 Å². The minimum atomic E-state index is -1.63. The van der Waals surface area contributed by atoms with Crippen molar-refractivity contribution >= 4 is 23.4 Å². The maximum atomic E-state index is 12.8. The minimum Gasteiger partial charge on any atom is -0.466 e. The number of ketones is 1. The number of aliphatic hydroxyl groups is 1. The zero-order valence-corrected chi connectivity index (χ0v) is 17.1. The standard InChI is InChI=1S/C21H29NO6/c1-6-27-19(24)17-15(23)12-21(3,26)18(20(25)28-7-2)16(17)13-8-10-14(11-9-13)22(4)5/h8-11,16-18,26H,6-7,12H2,1-5H3/t16-,17+,18-,21-/m0/s1. The molecule has 7 nitrogen and oxygen atoms in total. The normalized spacial score (nSPS) is 27.2. The molecule has 1 aromatic carbocycles. The summed E-state index contributed by atoms with van der Waals surface area (Å²) in [5, 5.41) is 10.9. The molecule has 0 unspecified atom stereocenters. The van der Waals surface area contributed by atoms with Crippen LogP contribution in [0.5, 0.6) is 0 Å². The summed E-state index contributed by atoms with van der Waals surface area (Å²) >= 11 is 0. The monoisotopic (exact) mass is 391 g/mol. The summed E-state index contributed by atoms with van der Waals surface area (Å²) in [6, 6.07) is 7.22. The summed E-state index contributed by atoms with van der Waals surface area (Å²) in [6.07, 6.45) is -0.313. The highest BCUT2D eigenvalue weighted by Gasteiger charge is 2.57. The second-order valence-corrected chi connectivity index (χ2v) is 7.47. The predicted octanol–water partition coefficient (Wildman–Crippen LogP) is 1.92. The summed E-state index contributed by atoms with van der Waals surface area (Å²) < 4.78 is 10.3. The topological polar surface area (TPSA) is 93.1 Å². The fourth-order valence-electron chi connectivity index (χ4n) is 3.87. The van der Waals surface area contributed by atoms with Crippen molar-refractivity contribution in [3.63, 3.8) is 0 Å². The Morgan fingerprint density at radius 3 is 2.14 bits per heavy atom. The Balaban J connectivity index is 2.59. The lowest BCUT2D eigenvalue weighted by Crippen LogP contribution is -2.55. The molecule has 0 aromatic heterocycles. The lowest BCUT2D eigenvalue weighted by atomic mass is 9.61. The van der Waals surface area contributed by atoms with Gasteiger partial charge in [-0.25, -0.2) is 0 Å². The van der Waals surface area contributed by atoms with Crippen LogP contribution in [0.25, 0.3) is 0 Å². The predicted molar refractivity (Wildman–Crippen MR) is 104 cm³/mol. The molecular formula is C21H29NO6. The first-order valence-corrected chi connectivity index (χ1v) is 9.49. The SMILES string of the molecule is CCOC(=O)[C@@H]1C(=O)C[C@](C)(O)[C@H](C(=O)OCC)[C@H]1c1ccc(N(C)C)cc1. The lowest BCUT2D eigenvalue weighted by Gasteiger charge is -2.43. The van der Waals surface area contributed by atoms with Crippen molar-refractivity contribution in [2.45, 2.75) is 38.7 Å². The molecule has 0 bridgehead atoms. The zero-order valence-electron chi connectivity index (χ0n) is 17.1. The molecule has 0 amide bonds. The number of rotatable bonds is 6. The molecule has 4 atom stereocenters. The Morgan fingerprint density at radius 1 is 1.11 bits per heavy atom. The van der Waals surface area contributed by atoms with Gasteiger partial charge >= 0.3 is 11.9 Å². The molecule has 1 fully saturated rings. The lowest BCUT2D eigenvalue weighted by molar-refractivity contribution is -0.172. The van der Waals surface area contributed by atoms with Gasteiger partial charge in [0, 0.05) is 32.1 Å². The second-order valence-electron chi connectivity index (χ2n) is 7.47. The minimum absolute atomic E-state index is 0.120. The van der Waals surface area contributed by atoms with Gasteiger partial charge in [0.25, 0.3) is 0 Å². The molecule has 1 N–H and O–H groups in total. The van der Waals surface area contributed by atoms with Crippen molar-refractivity contribution in [1.29, 1.82) is 0 Å². The molecule has 0 heterocycles. The number of nitrogens with zero attached hydrogens (tertiary/aromatic N) is 1. The van der Waals surface area contributed by atoms with Crippen LogP contribution in [0.3, 0.4) is 0 Å². The maximum Gasteiger partial charge on any atom is 0.317 e. The molecule has 7 heteroatoms. The van der Waals surface area contributed by atoms with Crippen LogP contribution in [-0.2, 0) is 23.9 Å². The number of Topliss-reactive ketones (excluding diaryl/α,β-unsaturated/α-hetero) is 1. The first-order valence-electron chi connectivity index (χ1n) is 9.49. The van der Waals surface area contributed by atoms with Crippen LogP contribution in [-0.4, -0.2) is 55.7 Å². The molecule has 1 aliphatic rings. The van der Waals surface area contributed by atoms with Gasteiger partial charge in [0.1, 0.15) is 5.92 Å². The van der Waals surface area contributed by atoms with E-state index >= 15 is 0 Å². The van der Waals surface area contributed by atoms with Crippen LogP contribution >= 0.6 is 0 Å². The molecule has 154 valence electrons. The summed E-state index contributed by atoms with van der Waals surface area (Å²) in [6.45, 7) is 5.02. The smallest absolute Gasteiger partial charge is 0.317 e. The fourth-order valence-corrected chi connectivity index (χ4v) is 3.87. The molecule has 1 aliphatic carbocycles. The van der Waals surface area contributed by atoms with Gasteiger partial charge in [-0.1, -0.05) is 12.1 Å². The van der Waals surface area contributed by atoms with Gasteiger partial charge in [-0.3, -0.25) is 14.4 Å². The second kappa shape index (κ2) is 8.73. The Kier molecular flexibility index (Phi) is 6.82. The van der Waals surface area contributed by atoms with Gasteiger partial charge in [0.15, 0.2) is 5.78 Å². The van der Waals surface area contributed by atoms with Gasteiger partial charge in [-0.05, 0) is 38.5 Å². The number of hydrogen-bond acceptors (Lipinski definition) is 7. The quantitative estimate of drug-likeness (QED) is 0.585. The Bertz CT molecular complexity index is 725. The van der Waals surface area contributed by atoms with E-state index in [2.05, 4.69) is 0 Å². The fraction of sp³-hybridized carbons (Fsp3) is 0.571. The largest absolute Gasteiger partial charge is 0.466 e. The van der Waals surface area contributed by atoms with Crippen molar-refractivity contribution < 1.29 is 29.0 Å². The van der Waals surface area contributed by atoms with Gasteiger partial charge in [-0.2, -0.15) is 0 Å². The van der Waals surface area contributed by atoms with E-state index < -0.39 is 41.1 Å². The maximum absolute atomic E-state index is 12.8. The molecular weight excluding hydrogens is 362 g/mol. The third kappa shape index (κ3) is 4.35. The van der Waals surface area contributed by atoms with E-state index in [4.69, 9.17) is 9.47 Å². The highest BCUT2D eigenvalue weighted by Crippen LogP contribution is 2.46. The summed E-state index contributed by atoms with van der Waals surface area (Å²) in [5.74, 6) is -4.85. The van der Waals surface area contributed by atoms with E-state index in [1.807, 2.05) is 31.1 Å². The molecule has 2 rings (SSSR count). The van der Waals surface area contributed by atoms with Crippen molar-refractivity contribution in [1.82, 2.24) is 0 Å². The van der Waals surface area contributed by atoms with Gasteiger partial charge in [0.05, 0.1) is 24.7 Å². The number of carbonyl (C=O) groups excluding carboxylic acids is 3. The number of ether oxygens (including phenoxy) is 2. The van der Waals surface area contributed by atoms with E-state index in [0.717, 1.165) is 5.69 Å². The number of anilines is 1. The average Bonchev–Trinajstić information content (AvgIpc) is 2.60. The molecule has 0 radical (unpaired) electrons. The number of hydrogen-bond donors (Lipinski definition) is 1. The number of carbonyl (C=O) groups is 3. The first kappa shape index (κ1) is 21.9. The first-order chi connectivity index (χ1) is 13.1. The summed E-state index contributed by atoms with van der Waals surface area (Å²) in [5.41, 5.74) is -0.0925. The number of benzene rings is 1. The van der Waals surface area contributed by atoms with Crippen molar-refractivity contribution in [2.75, 3.05) is 32.2 Å². The van der Waals surface area contributed by atoms with Crippen molar-refractivity contribution in [3.05, 3.63) is 29.8 Å². The van der Waals surface area contributed by atoms with Gasteiger partial charge < -0.3 is 19.5 Å². The Morgan fingerprint density at radius 2 is 1.64 bits per heavy atom. The van der Waals surface area contributed by atoms with E-state index in [1.54, 1.807) is 26.0 Å². The van der Waals surface area contributed by atoms with Crippen LogP contribution in [0.2, 0.25) is 0 Å². The highest BCUT2D eigenvalue weighted by molar-refractivity contribution is 6.02. The van der Waals surface area contributed by atoms with E-state index in [-0.39, 0.29) is 19.6 Å². The number of esters is 2. The van der Waals surface area contributed by atoms with Crippen LogP contribution in [0.4, 0.5) is 5.69 Å². The van der Waals surface area contributed by atoms with Crippen molar-refractivity contribution in [2.24, 2.45) is 11.8 Å². The Labute approximate surface area is 165 Å². The molecule has 1 aromatic rings. The summed E-state index contributed by atoms with van der Waals surface area (Å²) in [7, 11) is 3.79. The third-order valence-electron chi connectivity index (χ3n) is 5.14. The average molecular weight is 391 g/mol. The zero-order chi connectivity index (χ0) is 21.1. The van der Waals surface area contributed by atoms with Crippen LogP contribution < -0.4 is 4.90 Å². The van der Waals surface area contributed by atoms with Crippen molar-refractivity contribution in [3.8, 4) is 0 Å².